The second kappa shape index (κ2) is 24.1. The summed E-state index contributed by atoms with van der Waals surface area (Å²) in [6.07, 6.45) is 7.40. The van der Waals surface area contributed by atoms with E-state index in [1.54, 1.807) is 54.1 Å². The smallest absolute Gasteiger partial charge is 0.276 e. The van der Waals surface area contributed by atoms with Crippen LogP contribution < -0.4 is 30.2 Å². The van der Waals surface area contributed by atoms with Gasteiger partial charge in [-0.3, -0.25) is 24.2 Å². The van der Waals surface area contributed by atoms with Gasteiger partial charge in [0.2, 0.25) is 0 Å². The molecule has 2 N–H and O–H groups in total. The Hall–Kier alpha value is -9.71. The second-order valence-corrected chi connectivity index (χ2v) is 25.2. The molecule has 2 fully saturated rings. The highest BCUT2D eigenvalue weighted by atomic mass is 32.1. The number of hydrogen-bond donors (Lipinski definition) is 2. The number of pyridine rings is 3. The number of hydrogen-bond acceptors (Lipinski definition) is 11. The van der Waals surface area contributed by atoms with Gasteiger partial charge in [0.15, 0.2) is 0 Å². The molecule has 5 aromatic carbocycles. The van der Waals surface area contributed by atoms with Crippen LogP contribution in [0.4, 0.5) is 43.2 Å². The Morgan fingerprint density at radius 3 is 1.72 bits per heavy atom. The molecule has 4 aliphatic heterocycles. The maximum atomic E-state index is 16.5. The number of thiophene rings is 2. The third-order valence-corrected chi connectivity index (χ3v) is 19.9. The standard InChI is InChI=1S/C72H61F2N9O4S2/c1-43-15-10-21-53(73)65(43)78-69(84)61-41-47-31-36-83(59-25-9-7-20-52(59)67(47)88-61)72(87)56-23-12-28-64(77-56)81-34-14-26-60(81)57-40-46(29-32-75-57)49-37-44(2)66(54(74)39-49)79-70(85)62-42-48-30-35-82(58-24-8-6-19-51(58)68(48)89-62)71(86)55-22-11-27-63(76-55)80-33-13-18-50(80)38-45-16-4-3-5-17-45/h3-12,15-17,19-25,27-29,32,37,39-42,50,60H,13-14,18,26,30-31,33-36,38H2,1-2H3,(H,78,84)(H,79,85)/t50-,60-/m0/s1. The van der Waals surface area contributed by atoms with Gasteiger partial charge in [0.1, 0.15) is 34.7 Å². The first-order chi connectivity index (χ1) is 43.4. The third-order valence-electron chi connectivity index (χ3n) is 17.5. The number of para-hydroxylation sites is 3. The van der Waals surface area contributed by atoms with E-state index in [2.05, 4.69) is 44.7 Å². The number of fused-ring (bicyclic) bond motifs is 6. The summed E-state index contributed by atoms with van der Waals surface area (Å²) in [4.78, 5) is 82.4. The van der Waals surface area contributed by atoms with E-state index in [0.717, 1.165) is 93.4 Å². The molecule has 0 unspecified atom stereocenters. The molecule has 0 saturated carbocycles. The zero-order valence-corrected chi connectivity index (χ0v) is 50.6. The summed E-state index contributed by atoms with van der Waals surface area (Å²) < 4.78 is 31.2. The summed E-state index contributed by atoms with van der Waals surface area (Å²) in [6, 6.07) is 52.8. The zero-order chi connectivity index (χ0) is 60.9. The highest BCUT2D eigenvalue weighted by Gasteiger charge is 2.34. The molecule has 14 rings (SSSR count). The molecule has 13 nitrogen and oxygen atoms in total. The molecule has 2 saturated heterocycles. The lowest BCUT2D eigenvalue weighted by Crippen LogP contribution is -2.35. The number of rotatable bonds is 12. The van der Waals surface area contributed by atoms with Gasteiger partial charge in [-0.1, -0.05) is 91.0 Å². The number of aryl methyl sites for hydroxylation is 2. The van der Waals surface area contributed by atoms with Crippen molar-refractivity contribution in [2.45, 2.75) is 70.9 Å². The minimum atomic E-state index is -0.571. The van der Waals surface area contributed by atoms with Crippen molar-refractivity contribution in [3.05, 3.63) is 242 Å². The molecule has 0 bridgehead atoms. The Kier molecular flexibility index (Phi) is 15.5. The fourth-order valence-corrected chi connectivity index (χ4v) is 15.4. The molecule has 0 spiro atoms. The van der Waals surface area contributed by atoms with Crippen LogP contribution in [0.5, 0.6) is 0 Å². The number of nitrogens with one attached hydrogen (secondary N) is 2. The van der Waals surface area contributed by atoms with Crippen LogP contribution in [-0.2, 0) is 19.3 Å². The minimum absolute atomic E-state index is 0.0950. The molecule has 9 heterocycles. The van der Waals surface area contributed by atoms with Gasteiger partial charge < -0.3 is 30.2 Å². The molecule has 0 radical (unpaired) electrons. The van der Waals surface area contributed by atoms with Crippen molar-refractivity contribution < 1.29 is 28.0 Å². The lowest BCUT2D eigenvalue weighted by atomic mass is 10.00. The number of aromatic nitrogens is 3. The van der Waals surface area contributed by atoms with Crippen LogP contribution >= 0.6 is 22.7 Å². The molecule has 2 atom stereocenters. The summed E-state index contributed by atoms with van der Waals surface area (Å²) >= 11 is 2.65. The molecule has 0 aliphatic carbocycles. The van der Waals surface area contributed by atoms with Crippen LogP contribution in [0.1, 0.15) is 106 Å². The van der Waals surface area contributed by atoms with Gasteiger partial charge in [-0.2, -0.15) is 0 Å². The SMILES string of the molecule is Cc1cc(-c2ccnc([C@@H]3CCCN3c3cccc(C(=O)N4CCc5cc(C(=O)Nc6c(C)cccc6F)sc5-c5ccccc54)n3)c2)cc(F)c1NC(=O)c1cc2c(s1)-c1ccccc1N(C(=O)c1cccc(N3CCC[C@H]3Cc3ccccc3)n1)CC2. The van der Waals surface area contributed by atoms with E-state index < -0.39 is 23.4 Å². The first-order valence-corrected chi connectivity index (χ1v) is 31.8. The van der Waals surface area contributed by atoms with E-state index in [1.807, 2.05) is 109 Å². The molecule has 5 aromatic heterocycles. The maximum absolute atomic E-state index is 16.5. The number of anilines is 6. The Bertz CT molecular complexity index is 4390. The quantitative estimate of drug-likeness (QED) is 0.122. The number of carbonyl (C=O) groups is 4. The first kappa shape index (κ1) is 57.1. The largest absolute Gasteiger partial charge is 0.353 e. The van der Waals surface area contributed by atoms with Gasteiger partial charge in [0, 0.05) is 59.3 Å². The predicted octanol–water partition coefficient (Wildman–Crippen LogP) is 15.4. The van der Waals surface area contributed by atoms with Gasteiger partial charge in [-0.15, -0.1) is 22.7 Å². The van der Waals surface area contributed by atoms with Gasteiger partial charge in [-0.05, 0) is 177 Å². The van der Waals surface area contributed by atoms with E-state index in [4.69, 9.17) is 15.0 Å². The third kappa shape index (κ3) is 11.1. The lowest BCUT2D eigenvalue weighted by Gasteiger charge is -2.27. The Labute approximate surface area is 522 Å². The van der Waals surface area contributed by atoms with Crippen molar-refractivity contribution >= 4 is 80.7 Å². The topological polar surface area (TPSA) is 144 Å². The molecule has 17 heteroatoms. The van der Waals surface area contributed by atoms with Crippen molar-refractivity contribution in [2.75, 3.05) is 56.4 Å². The van der Waals surface area contributed by atoms with E-state index in [0.29, 0.717) is 82.2 Å². The summed E-state index contributed by atoms with van der Waals surface area (Å²) in [5, 5.41) is 5.66. The molecular formula is C72H61F2N9O4S2. The number of benzene rings is 5. The average molecular weight is 1220 g/mol. The Morgan fingerprint density at radius 1 is 0.539 bits per heavy atom. The number of nitrogens with zero attached hydrogens (tertiary/aromatic N) is 7. The number of carbonyl (C=O) groups excluding carboxylic acids is 4. The zero-order valence-electron chi connectivity index (χ0n) is 49.0. The van der Waals surface area contributed by atoms with Crippen LogP contribution in [0.25, 0.3) is 32.0 Å². The molecule has 4 amide bonds. The van der Waals surface area contributed by atoms with E-state index in [9.17, 15) is 23.6 Å². The molecule has 89 heavy (non-hydrogen) atoms. The summed E-state index contributed by atoms with van der Waals surface area (Å²) in [7, 11) is 0. The lowest BCUT2D eigenvalue weighted by molar-refractivity contribution is 0.0975. The van der Waals surface area contributed by atoms with Crippen molar-refractivity contribution in [3.63, 3.8) is 0 Å². The molecule has 4 aliphatic rings. The highest BCUT2D eigenvalue weighted by Crippen LogP contribution is 2.45. The van der Waals surface area contributed by atoms with Crippen molar-refractivity contribution in [1.29, 1.82) is 0 Å². The fraction of sp³-hybridized carbons (Fsp3) is 0.208. The van der Waals surface area contributed by atoms with Gasteiger partial charge in [0.05, 0.1) is 44.2 Å². The van der Waals surface area contributed by atoms with Crippen LogP contribution in [-0.4, -0.2) is 70.8 Å². The fourth-order valence-electron chi connectivity index (χ4n) is 13.1. The summed E-state index contributed by atoms with van der Waals surface area (Å²) in [5.74, 6) is -0.884. The predicted molar refractivity (Wildman–Crippen MR) is 350 cm³/mol. The van der Waals surface area contributed by atoms with Gasteiger partial charge in [0.25, 0.3) is 23.6 Å². The van der Waals surface area contributed by atoms with E-state index >= 15 is 4.39 Å². The molecule has 444 valence electrons. The highest BCUT2D eigenvalue weighted by molar-refractivity contribution is 7.18. The van der Waals surface area contributed by atoms with Crippen molar-refractivity contribution in [3.8, 4) is 32.0 Å². The first-order valence-electron chi connectivity index (χ1n) is 30.1. The van der Waals surface area contributed by atoms with Crippen LogP contribution in [0, 0.1) is 25.5 Å². The molecule has 10 aromatic rings. The monoisotopic (exact) mass is 1220 g/mol. The number of amides is 4. The van der Waals surface area contributed by atoms with Crippen molar-refractivity contribution in [2.24, 2.45) is 0 Å². The normalized spacial score (nSPS) is 16.0. The van der Waals surface area contributed by atoms with Gasteiger partial charge in [-0.25, -0.2) is 18.7 Å². The second-order valence-electron chi connectivity index (χ2n) is 23.1. The average Bonchev–Trinajstić information content (AvgIpc) is 2.13. The van der Waals surface area contributed by atoms with Crippen LogP contribution in [0.3, 0.4) is 0 Å². The Morgan fingerprint density at radius 2 is 1.10 bits per heavy atom. The van der Waals surface area contributed by atoms with Crippen LogP contribution in [0.2, 0.25) is 0 Å². The molecular weight excluding hydrogens is 1160 g/mol. The van der Waals surface area contributed by atoms with Crippen molar-refractivity contribution in [1.82, 2.24) is 15.0 Å². The minimum Gasteiger partial charge on any atom is -0.353 e. The maximum Gasteiger partial charge on any atom is 0.276 e. The van der Waals surface area contributed by atoms with E-state index in [1.165, 1.54) is 40.4 Å². The van der Waals surface area contributed by atoms with Gasteiger partial charge >= 0.3 is 0 Å². The summed E-state index contributed by atoms with van der Waals surface area (Å²) in [5.41, 5.74) is 10.5. The summed E-state index contributed by atoms with van der Waals surface area (Å²) in [6.45, 7) is 5.82. The van der Waals surface area contributed by atoms with Crippen LogP contribution in [0.15, 0.2) is 176 Å². The Balaban J connectivity index is 0.651. The number of halogens is 2. The van der Waals surface area contributed by atoms with E-state index in [-0.39, 0.29) is 34.9 Å².